The summed E-state index contributed by atoms with van der Waals surface area (Å²) in [7, 11) is 1.54. The number of Topliss-reactive ketones (excluding diaryl/α,β-unsaturated/α-hetero) is 1. The van der Waals surface area contributed by atoms with Gasteiger partial charge in [-0.2, -0.15) is 4.74 Å². The van der Waals surface area contributed by atoms with E-state index in [1.807, 2.05) is 0 Å². The maximum atomic E-state index is 12.4. The Balaban J connectivity index is 2.13. The van der Waals surface area contributed by atoms with Crippen molar-refractivity contribution in [3.05, 3.63) is 62.8 Å². The highest BCUT2D eigenvalue weighted by molar-refractivity contribution is 6.53. The number of carbonyl (C=O) groups is 1. The molecule has 0 spiro atoms. The quantitative estimate of drug-likeness (QED) is 0.624. The van der Waals surface area contributed by atoms with Crippen LogP contribution in [0.15, 0.2) is 36.4 Å². The van der Waals surface area contributed by atoms with Crippen LogP contribution in [-0.4, -0.2) is 23.3 Å². The molecule has 0 fully saturated rings. The number of hydrogen-bond acceptors (Lipinski definition) is 3. The van der Waals surface area contributed by atoms with Crippen LogP contribution in [0.1, 0.15) is 15.9 Å². The molecular formula is C15H9Cl2NO3. The molecule has 2 aromatic carbocycles. The van der Waals surface area contributed by atoms with Gasteiger partial charge >= 0.3 is 0 Å². The molecule has 1 aliphatic heterocycles. The normalized spacial score (nSPS) is 13.6. The number of rotatable bonds is 2. The molecule has 0 unspecified atom stereocenters. The minimum absolute atomic E-state index is 0.0472. The Morgan fingerprint density at radius 1 is 1.10 bits per heavy atom. The zero-order valence-corrected chi connectivity index (χ0v) is 12.4. The SMILES string of the molecule is COc1ccc(C2=[N+]([O-])c3cc(Cl)c(Cl)cc3C2=O)cc1. The van der Waals surface area contributed by atoms with Crippen LogP contribution in [0.2, 0.25) is 10.0 Å². The van der Waals surface area contributed by atoms with E-state index in [1.54, 1.807) is 31.4 Å². The molecule has 0 radical (unpaired) electrons. The van der Waals surface area contributed by atoms with E-state index in [1.165, 1.54) is 12.1 Å². The van der Waals surface area contributed by atoms with Gasteiger partial charge in [-0.3, -0.25) is 4.79 Å². The third-order valence-electron chi connectivity index (χ3n) is 3.28. The lowest BCUT2D eigenvalue weighted by atomic mass is 10.0. The van der Waals surface area contributed by atoms with Crippen molar-refractivity contribution in [2.24, 2.45) is 0 Å². The topological polar surface area (TPSA) is 52.4 Å². The zero-order valence-electron chi connectivity index (χ0n) is 10.9. The van der Waals surface area contributed by atoms with Gasteiger partial charge in [0, 0.05) is 6.07 Å². The van der Waals surface area contributed by atoms with Crippen LogP contribution in [0.4, 0.5) is 5.69 Å². The van der Waals surface area contributed by atoms with E-state index in [4.69, 9.17) is 27.9 Å². The fourth-order valence-corrected chi connectivity index (χ4v) is 2.55. The second-order valence-corrected chi connectivity index (χ2v) is 5.30. The Labute approximate surface area is 130 Å². The summed E-state index contributed by atoms with van der Waals surface area (Å²) in [6.45, 7) is 0. The van der Waals surface area contributed by atoms with Crippen LogP contribution < -0.4 is 4.74 Å². The van der Waals surface area contributed by atoms with Crippen molar-refractivity contribution in [2.45, 2.75) is 0 Å². The maximum Gasteiger partial charge on any atom is 0.272 e. The number of methoxy groups -OCH3 is 1. The number of carbonyl (C=O) groups excluding carboxylic acids is 1. The first-order valence-electron chi connectivity index (χ1n) is 6.05. The first-order chi connectivity index (χ1) is 10.0. The molecule has 2 aromatic rings. The third-order valence-corrected chi connectivity index (χ3v) is 4.01. The van der Waals surface area contributed by atoms with Crippen molar-refractivity contribution in [2.75, 3.05) is 7.11 Å². The first kappa shape index (κ1) is 13.9. The molecule has 0 atom stereocenters. The van der Waals surface area contributed by atoms with Crippen LogP contribution in [0, 0.1) is 5.21 Å². The van der Waals surface area contributed by atoms with E-state index in [2.05, 4.69) is 0 Å². The maximum absolute atomic E-state index is 12.4. The van der Waals surface area contributed by atoms with Gasteiger partial charge in [0.25, 0.3) is 11.5 Å². The number of halogens is 2. The molecule has 0 bridgehead atoms. The third kappa shape index (κ3) is 2.17. The van der Waals surface area contributed by atoms with E-state index in [9.17, 15) is 10.0 Å². The molecule has 4 nitrogen and oxygen atoms in total. The van der Waals surface area contributed by atoms with E-state index in [-0.39, 0.29) is 32.8 Å². The fourth-order valence-electron chi connectivity index (χ4n) is 2.22. The number of benzene rings is 2. The molecule has 0 saturated heterocycles. The first-order valence-corrected chi connectivity index (χ1v) is 6.81. The van der Waals surface area contributed by atoms with Crippen LogP contribution in [0.5, 0.6) is 5.75 Å². The van der Waals surface area contributed by atoms with E-state index >= 15 is 0 Å². The average molecular weight is 322 g/mol. The van der Waals surface area contributed by atoms with Crippen LogP contribution >= 0.6 is 23.2 Å². The molecule has 0 N–H and O–H groups in total. The fraction of sp³-hybridized carbons (Fsp3) is 0.0667. The van der Waals surface area contributed by atoms with Gasteiger partial charge in [-0.15, -0.1) is 0 Å². The number of hydrogen-bond donors (Lipinski definition) is 0. The Bertz CT molecular complexity index is 782. The summed E-state index contributed by atoms with van der Waals surface area (Å²) in [6.07, 6.45) is 0. The van der Waals surface area contributed by atoms with Gasteiger partial charge in [-0.05, 0) is 30.3 Å². The summed E-state index contributed by atoms with van der Waals surface area (Å²) in [6, 6.07) is 9.51. The lowest BCUT2D eigenvalue weighted by molar-refractivity contribution is -0.355. The van der Waals surface area contributed by atoms with Gasteiger partial charge in [-0.25, -0.2) is 0 Å². The highest BCUT2D eigenvalue weighted by atomic mass is 35.5. The molecule has 1 aliphatic rings. The Morgan fingerprint density at radius 3 is 2.33 bits per heavy atom. The molecule has 21 heavy (non-hydrogen) atoms. The second kappa shape index (κ2) is 5.06. The minimum atomic E-state index is -0.372. The van der Waals surface area contributed by atoms with Gasteiger partial charge in [0.05, 0.1) is 22.7 Å². The van der Waals surface area contributed by atoms with Crippen LogP contribution in [0.3, 0.4) is 0 Å². The van der Waals surface area contributed by atoms with Crippen molar-refractivity contribution < 1.29 is 14.3 Å². The predicted molar refractivity (Wildman–Crippen MR) is 81.2 cm³/mol. The molecule has 6 heteroatoms. The van der Waals surface area contributed by atoms with E-state index in [0.717, 1.165) is 0 Å². The summed E-state index contributed by atoms with van der Waals surface area (Å²) in [4.78, 5) is 12.4. The number of ether oxygens (including phenoxy) is 1. The summed E-state index contributed by atoms with van der Waals surface area (Å²) in [5.74, 6) is 0.273. The number of nitrogens with zero attached hydrogens (tertiary/aromatic N) is 1. The molecule has 0 aromatic heterocycles. The van der Waals surface area contributed by atoms with Crippen molar-refractivity contribution in [1.29, 1.82) is 0 Å². The monoisotopic (exact) mass is 321 g/mol. The summed E-state index contributed by atoms with van der Waals surface area (Å²) >= 11 is 11.8. The Hall–Kier alpha value is -2.04. The van der Waals surface area contributed by atoms with Gasteiger partial charge in [0.1, 0.15) is 11.3 Å². The molecule has 0 amide bonds. The molecule has 0 saturated carbocycles. The van der Waals surface area contributed by atoms with Crippen molar-refractivity contribution >= 4 is 40.4 Å². The molecule has 1 heterocycles. The van der Waals surface area contributed by atoms with E-state index in [0.29, 0.717) is 16.1 Å². The predicted octanol–water partition coefficient (Wildman–Crippen LogP) is 3.83. The van der Waals surface area contributed by atoms with Crippen molar-refractivity contribution in [3.8, 4) is 5.75 Å². The summed E-state index contributed by atoms with van der Waals surface area (Å²) in [5, 5.41) is 12.8. The number of ketones is 1. The highest BCUT2D eigenvalue weighted by Crippen LogP contribution is 2.35. The smallest absolute Gasteiger partial charge is 0.272 e. The average Bonchev–Trinajstić information content (AvgIpc) is 2.72. The molecule has 106 valence electrons. The summed E-state index contributed by atoms with van der Waals surface area (Å²) in [5.41, 5.74) is 1.02. The highest BCUT2D eigenvalue weighted by Gasteiger charge is 2.37. The van der Waals surface area contributed by atoms with Gasteiger partial charge in [0.2, 0.25) is 5.69 Å². The van der Waals surface area contributed by atoms with Crippen molar-refractivity contribution in [1.82, 2.24) is 0 Å². The van der Waals surface area contributed by atoms with Crippen molar-refractivity contribution in [3.63, 3.8) is 0 Å². The Kier molecular flexibility index (Phi) is 3.35. The lowest BCUT2D eigenvalue weighted by Gasteiger charge is -2.03. The van der Waals surface area contributed by atoms with Crippen LogP contribution in [-0.2, 0) is 0 Å². The zero-order chi connectivity index (χ0) is 15.1. The molecule has 0 aliphatic carbocycles. The van der Waals surface area contributed by atoms with Gasteiger partial charge in [0.15, 0.2) is 0 Å². The Morgan fingerprint density at radius 2 is 1.71 bits per heavy atom. The van der Waals surface area contributed by atoms with Crippen LogP contribution in [0.25, 0.3) is 0 Å². The summed E-state index contributed by atoms with van der Waals surface area (Å²) < 4.78 is 5.64. The number of fused-ring (bicyclic) bond motifs is 1. The van der Waals surface area contributed by atoms with Gasteiger partial charge < -0.3 is 9.94 Å². The standard InChI is InChI=1S/C15H9Cl2NO3/c1-21-9-4-2-8(3-5-9)14-15(19)10-6-11(16)12(17)7-13(10)18(14)20/h2-7H,1H3. The molecular weight excluding hydrogens is 313 g/mol. The van der Waals surface area contributed by atoms with Gasteiger partial charge in [-0.1, -0.05) is 23.2 Å². The second-order valence-electron chi connectivity index (χ2n) is 4.48. The largest absolute Gasteiger partial charge is 0.618 e. The minimum Gasteiger partial charge on any atom is -0.618 e. The lowest BCUT2D eigenvalue weighted by Crippen LogP contribution is -2.16. The molecule has 3 rings (SSSR count). The van der Waals surface area contributed by atoms with E-state index < -0.39 is 0 Å².